The average Bonchev–Trinajstić information content (AvgIpc) is 2.20. The Hall–Kier alpha value is -1.06. The van der Waals surface area contributed by atoms with Gasteiger partial charge >= 0.3 is 5.97 Å². The van der Waals surface area contributed by atoms with E-state index in [0.29, 0.717) is 11.4 Å². The van der Waals surface area contributed by atoms with Crippen molar-refractivity contribution in [1.82, 2.24) is 0 Å². The number of hydrogen-bond acceptors (Lipinski definition) is 2. The van der Waals surface area contributed by atoms with Gasteiger partial charge in [0.25, 0.3) is 0 Å². The van der Waals surface area contributed by atoms with E-state index in [0.717, 1.165) is 16.7 Å². The molecule has 0 aliphatic heterocycles. The first kappa shape index (κ1) is 16.0. The Morgan fingerprint density at radius 3 is 2.42 bits per heavy atom. The molecule has 0 radical (unpaired) electrons. The molecule has 0 fully saturated rings. The van der Waals surface area contributed by atoms with Crippen LogP contribution in [0.2, 0.25) is 5.02 Å². The van der Waals surface area contributed by atoms with Crippen LogP contribution in [0.15, 0.2) is 12.1 Å². The van der Waals surface area contributed by atoms with Crippen molar-refractivity contribution >= 4 is 17.6 Å². The predicted octanol–water partition coefficient (Wildman–Crippen LogP) is 3.88. The van der Waals surface area contributed by atoms with Crippen molar-refractivity contribution in [2.45, 2.75) is 46.6 Å². The molecule has 0 heterocycles. The predicted molar refractivity (Wildman–Crippen MR) is 76.5 cm³/mol. The smallest absolute Gasteiger partial charge is 0.303 e. The summed E-state index contributed by atoms with van der Waals surface area (Å²) >= 11 is 6.03. The van der Waals surface area contributed by atoms with Crippen LogP contribution >= 0.6 is 11.6 Å². The van der Waals surface area contributed by atoms with Gasteiger partial charge in [0.15, 0.2) is 0 Å². The number of aryl methyl sites for hydroxylation is 2. The summed E-state index contributed by atoms with van der Waals surface area (Å²) in [5.41, 5.74) is 2.21. The highest BCUT2D eigenvalue weighted by molar-refractivity contribution is 6.31. The summed E-state index contributed by atoms with van der Waals surface area (Å²) in [4.78, 5) is 10.8. The summed E-state index contributed by atoms with van der Waals surface area (Å²) in [5, 5.41) is 19.9. The molecule has 4 heteroatoms. The molecule has 1 unspecified atom stereocenters. The zero-order valence-electron chi connectivity index (χ0n) is 11.8. The maximum atomic E-state index is 10.8. The number of carboxylic acid groups (broad SMARTS) is 1. The Bertz CT molecular complexity index is 481. The second kappa shape index (κ2) is 5.93. The van der Waals surface area contributed by atoms with Gasteiger partial charge in [-0.3, -0.25) is 4.79 Å². The lowest BCUT2D eigenvalue weighted by atomic mass is 9.81. The van der Waals surface area contributed by atoms with E-state index in [4.69, 9.17) is 16.7 Å². The van der Waals surface area contributed by atoms with Crippen LogP contribution in [0.1, 0.15) is 49.5 Å². The van der Waals surface area contributed by atoms with E-state index in [2.05, 4.69) is 0 Å². The second-order valence-corrected chi connectivity index (χ2v) is 6.32. The Morgan fingerprint density at radius 2 is 1.89 bits per heavy atom. The van der Waals surface area contributed by atoms with E-state index in [1.54, 1.807) is 0 Å². The second-order valence-electron chi connectivity index (χ2n) is 5.91. The fourth-order valence-corrected chi connectivity index (χ4v) is 2.50. The van der Waals surface area contributed by atoms with Crippen LogP contribution in [0.4, 0.5) is 0 Å². The van der Waals surface area contributed by atoms with E-state index >= 15 is 0 Å². The minimum Gasteiger partial charge on any atom is -0.481 e. The Kier molecular flexibility index (Phi) is 4.99. The van der Waals surface area contributed by atoms with Crippen molar-refractivity contribution in [3.63, 3.8) is 0 Å². The lowest BCUT2D eigenvalue weighted by Gasteiger charge is -2.26. The standard InChI is InChI=1S/C15H21ClO3/c1-9-6-12(16)10(2)5-11(9)13(17)7-15(3,4)8-14(18)19/h5-6,13,17H,7-8H2,1-4H3,(H,18,19). The van der Waals surface area contributed by atoms with Gasteiger partial charge in [0.05, 0.1) is 12.5 Å². The lowest BCUT2D eigenvalue weighted by molar-refractivity contribution is -0.139. The number of aliphatic hydroxyl groups is 1. The van der Waals surface area contributed by atoms with Gasteiger partial charge in [-0.25, -0.2) is 0 Å². The third-order valence-corrected chi connectivity index (χ3v) is 3.69. The molecule has 0 spiro atoms. The lowest BCUT2D eigenvalue weighted by Crippen LogP contribution is -2.20. The number of carboxylic acids is 1. The fraction of sp³-hybridized carbons (Fsp3) is 0.533. The molecule has 0 aromatic heterocycles. The van der Waals surface area contributed by atoms with Crippen molar-refractivity contribution in [2.24, 2.45) is 5.41 Å². The van der Waals surface area contributed by atoms with E-state index in [9.17, 15) is 9.90 Å². The number of halogens is 1. The van der Waals surface area contributed by atoms with Crippen LogP contribution in [0.25, 0.3) is 0 Å². The van der Waals surface area contributed by atoms with Crippen LogP contribution in [-0.2, 0) is 4.79 Å². The SMILES string of the molecule is Cc1cc(C(O)CC(C)(C)CC(=O)O)c(C)cc1Cl. The van der Waals surface area contributed by atoms with Crippen LogP contribution in [0.5, 0.6) is 0 Å². The Morgan fingerprint density at radius 1 is 1.32 bits per heavy atom. The highest BCUT2D eigenvalue weighted by Gasteiger charge is 2.26. The molecular weight excluding hydrogens is 264 g/mol. The van der Waals surface area contributed by atoms with Crippen molar-refractivity contribution < 1.29 is 15.0 Å². The van der Waals surface area contributed by atoms with Crippen molar-refractivity contribution in [3.05, 3.63) is 33.8 Å². The molecule has 0 amide bonds. The minimum atomic E-state index is -0.846. The summed E-state index contributed by atoms with van der Waals surface area (Å²) in [5.74, 6) is -0.846. The Balaban J connectivity index is 2.92. The van der Waals surface area contributed by atoms with Crippen LogP contribution < -0.4 is 0 Å². The van der Waals surface area contributed by atoms with Crippen LogP contribution in [0.3, 0.4) is 0 Å². The third-order valence-electron chi connectivity index (χ3n) is 3.28. The molecule has 1 rings (SSSR count). The van der Waals surface area contributed by atoms with Gasteiger partial charge in [0, 0.05) is 5.02 Å². The molecule has 0 aliphatic carbocycles. The maximum Gasteiger partial charge on any atom is 0.303 e. The first-order chi connectivity index (χ1) is 8.62. The van der Waals surface area contributed by atoms with E-state index in [1.807, 2.05) is 39.8 Å². The normalized spacial score (nSPS) is 13.4. The van der Waals surface area contributed by atoms with Crippen LogP contribution in [-0.4, -0.2) is 16.2 Å². The molecule has 0 aliphatic rings. The molecule has 0 saturated carbocycles. The molecule has 106 valence electrons. The van der Waals surface area contributed by atoms with Gasteiger partial charge in [-0.05, 0) is 48.4 Å². The summed E-state index contributed by atoms with van der Waals surface area (Å²) in [6, 6.07) is 3.71. The third kappa shape index (κ3) is 4.51. The van der Waals surface area contributed by atoms with Gasteiger partial charge < -0.3 is 10.2 Å². The molecule has 0 saturated heterocycles. The van der Waals surface area contributed by atoms with Crippen molar-refractivity contribution in [1.29, 1.82) is 0 Å². The molecule has 1 aromatic carbocycles. The largest absolute Gasteiger partial charge is 0.481 e. The zero-order chi connectivity index (χ0) is 14.8. The van der Waals surface area contributed by atoms with Gasteiger partial charge in [0.2, 0.25) is 0 Å². The Labute approximate surface area is 119 Å². The highest BCUT2D eigenvalue weighted by Crippen LogP contribution is 2.35. The number of aliphatic hydroxyl groups excluding tert-OH is 1. The average molecular weight is 285 g/mol. The summed E-state index contributed by atoms with van der Waals surface area (Å²) in [7, 11) is 0. The number of aliphatic carboxylic acids is 1. The van der Waals surface area contributed by atoms with E-state index < -0.39 is 17.5 Å². The maximum absolute atomic E-state index is 10.8. The molecule has 3 nitrogen and oxygen atoms in total. The highest BCUT2D eigenvalue weighted by atomic mass is 35.5. The summed E-state index contributed by atoms with van der Waals surface area (Å²) < 4.78 is 0. The number of rotatable bonds is 5. The molecule has 0 bridgehead atoms. The topological polar surface area (TPSA) is 57.5 Å². The monoisotopic (exact) mass is 284 g/mol. The molecular formula is C15H21ClO3. The molecule has 1 aromatic rings. The summed E-state index contributed by atoms with van der Waals surface area (Å²) in [6.45, 7) is 7.49. The van der Waals surface area contributed by atoms with Gasteiger partial charge in [0.1, 0.15) is 0 Å². The number of benzene rings is 1. The molecule has 1 atom stereocenters. The van der Waals surface area contributed by atoms with E-state index in [1.165, 1.54) is 0 Å². The van der Waals surface area contributed by atoms with Gasteiger partial charge in [-0.15, -0.1) is 0 Å². The van der Waals surface area contributed by atoms with Gasteiger partial charge in [-0.2, -0.15) is 0 Å². The number of carbonyl (C=O) groups is 1. The number of hydrogen-bond donors (Lipinski definition) is 2. The van der Waals surface area contributed by atoms with Crippen molar-refractivity contribution in [2.75, 3.05) is 0 Å². The minimum absolute atomic E-state index is 0.0374. The molecule has 19 heavy (non-hydrogen) atoms. The zero-order valence-corrected chi connectivity index (χ0v) is 12.6. The fourth-order valence-electron chi connectivity index (χ4n) is 2.28. The van der Waals surface area contributed by atoms with Crippen molar-refractivity contribution in [3.8, 4) is 0 Å². The first-order valence-electron chi connectivity index (χ1n) is 6.29. The van der Waals surface area contributed by atoms with Gasteiger partial charge in [-0.1, -0.05) is 31.5 Å². The van der Waals surface area contributed by atoms with Crippen LogP contribution in [0, 0.1) is 19.3 Å². The summed E-state index contributed by atoms with van der Waals surface area (Å²) in [6.07, 6.45) is -0.234. The quantitative estimate of drug-likeness (QED) is 0.862. The van der Waals surface area contributed by atoms with E-state index in [-0.39, 0.29) is 6.42 Å². The first-order valence-corrected chi connectivity index (χ1v) is 6.67. The molecule has 2 N–H and O–H groups in total.